The Kier molecular flexibility index (Phi) is 5.57. The normalized spacial score (nSPS) is 12.4. The Morgan fingerprint density at radius 3 is 2.85 bits per heavy atom. The van der Waals surface area contributed by atoms with Gasteiger partial charge in [-0.25, -0.2) is 4.39 Å². The quantitative estimate of drug-likeness (QED) is 0.805. The second kappa shape index (κ2) is 7.20. The van der Waals surface area contributed by atoms with Gasteiger partial charge in [0.15, 0.2) is 0 Å². The average Bonchev–Trinajstić information content (AvgIpc) is 2.92. The van der Waals surface area contributed by atoms with Crippen LogP contribution in [0.15, 0.2) is 34.1 Å². The lowest BCUT2D eigenvalue weighted by atomic mass is 10.0. The predicted octanol–water partition coefficient (Wildman–Crippen LogP) is 4.75. The van der Waals surface area contributed by atoms with E-state index in [0.29, 0.717) is 5.56 Å². The van der Waals surface area contributed by atoms with Gasteiger partial charge in [0.1, 0.15) is 11.6 Å². The average molecular weight is 358 g/mol. The zero-order valence-corrected chi connectivity index (χ0v) is 13.9. The molecule has 0 radical (unpaired) electrons. The first kappa shape index (κ1) is 15.5. The Hall–Kier alpha value is -0.910. The highest BCUT2D eigenvalue weighted by Crippen LogP contribution is 2.33. The summed E-state index contributed by atoms with van der Waals surface area (Å²) in [7, 11) is 1.64. The first-order valence-electron chi connectivity index (χ1n) is 6.46. The van der Waals surface area contributed by atoms with Crippen molar-refractivity contribution >= 4 is 27.3 Å². The van der Waals surface area contributed by atoms with Crippen LogP contribution in [0.25, 0.3) is 0 Å². The summed E-state index contributed by atoms with van der Waals surface area (Å²) in [6.07, 6.45) is 0.995. The van der Waals surface area contributed by atoms with Crippen molar-refractivity contribution in [2.75, 3.05) is 13.7 Å². The topological polar surface area (TPSA) is 21.3 Å². The van der Waals surface area contributed by atoms with E-state index in [9.17, 15) is 4.39 Å². The molecule has 1 aromatic heterocycles. The fourth-order valence-corrected chi connectivity index (χ4v) is 3.31. The standard InChI is InChI=1S/C15H17BrFNOS/c1-3-6-18-15(14-8-11(19-2)9-20-14)12-7-10(16)4-5-13(12)17/h4-5,7-9,15,18H,3,6H2,1-2H3. The molecule has 2 nitrogen and oxygen atoms in total. The smallest absolute Gasteiger partial charge is 0.129 e. The van der Waals surface area contributed by atoms with E-state index in [4.69, 9.17) is 4.74 Å². The minimum atomic E-state index is -0.200. The van der Waals surface area contributed by atoms with E-state index in [1.54, 1.807) is 24.5 Å². The van der Waals surface area contributed by atoms with Crippen molar-refractivity contribution in [1.29, 1.82) is 0 Å². The molecule has 2 rings (SSSR count). The lowest BCUT2D eigenvalue weighted by Gasteiger charge is -2.18. The number of nitrogens with one attached hydrogen (secondary N) is 1. The van der Waals surface area contributed by atoms with Gasteiger partial charge in [-0.3, -0.25) is 0 Å². The summed E-state index contributed by atoms with van der Waals surface area (Å²) in [5.74, 6) is 0.609. The molecule has 0 amide bonds. The minimum Gasteiger partial charge on any atom is -0.496 e. The van der Waals surface area contributed by atoms with E-state index < -0.39 is 0 Å². The maximum atomic E-state index is 14.1. The fraction of sp³-hybridized carbons (Fsp3) is 0.333. The Balaban J connectivity index is 2.38. The molecule has 1 unspecified atom stereocenters. The van der Waals surface area contributed by atoms with E-state index in [1.807, 2.05) is 17.5 Å². The summed E-state index contributed by atoms with van der Waals surface area (Å²) in [6, 6.07) is 6.84. The summed E-state index contributed by atoms with van der Waals surface area (Å²) in [5.41, 5.74) is 0.650. The molecular weight excluding hydrogens is 341 g/mol. The molecule has 1 atom stereocenters. The molecule has 0 aliphatic rings. The zero-order valence-electron chi connectivity index (χ0n) is 11.5. The van der Waals surface area contributed by atoms with Crippen molar-refractivity contribution in [3.05, 3.63) is 50.4 Å². The van der Waals surface area contributed by atoms with Gasteiger partial charge in [-0.15, -0.1) is 11.3 Å². The van der Waals surface area contributed by atoms with Gasteiger partial charge in [0.25, 0.3) is 0 Å². The Labute approximate surface area is 131 Å². The summed E-state index contributed by atoms with van der Waals surface area (Å²) in [5, 5.41) is 5.34. The molecule has 0 saturated carbocycles. The maximum Gasteiger partial charge on any atom is 0.129 e. The molecule has 108 valence electrons. The van der Waals surface area contributed by atoms with Gasteiger partial charge >= 0.3 is 0 Å². The highest BCUT2D eigenvalue weighted by Gasteiger charge is 2.19. The Morgan fingerprint density at radius 2 is 2.20 bits per heavy atom. The number of thiophene rings is 1. The van der Waals surface area contributed by atoms with Gasteiger partial charge in [0.05, 0.1) is 13.2 Å². The van der Waals surface area contributed by atoms with Crippen LogP contribution < -0.4 is 10.1 Å². The summed E-state index contributed by atoms with van der Waals surface area (Å²) in [4.78, 5) is 1.05. The molecule has 5 heteroatoms. The Bertz CT molecular complexity index is 573. The number of rotatable bonds is 6. The number of hydrogen-bond acceptors (Lipinski definition) is 3. The first-order chi connectivity index (χ1) is 9.65. The number of ether oxygens (including phenoxy) is 1. The third-order valence-corrected chi connectivity index (χ3v) is 4.45. The third-order valence-electron chi connectivity index (χ3n) is 2.98. The van der Waals surface area contributed by atoms with Crippen LogP contribution in [0.4, 0.5) is 4.39 Å². The molecule has 1 heterocycles. The van der Waals surface area contributed by atoms with E-state index in [-0.39, 0.29) is 11.9 Å². The van der Waals surface area contributed by atoms with Crippen molar-refractivity contribution < 1.29 is 9.13 Å². The van der Waals surface area contributed by atoms with E-state index >= 15 is 0 Å². The molecule has 0 spiro atoms. The monoisotopic (exact) mass is 357 g/mol. The number of halogens is 2. The van der Waals surface area contributed by atoms with Gasteiger partial charge in [-0.05, 0) is 37.2 Å². The lowest BCUT2D eigenvalue weighted by molar-refractivity contribution is 0.416. The van der Waals surface area contributed by atoms with Crippen LogP contribution in [-0.4, -0.2) is 13.7 Å². The molecule has 0 saturated heterocycles. The van der Waals surface area contributed by atoms with Gasteiger partial charge < -0.3 is 10.1 Å². The van der Waals surface area contributed by atoms with Crippen molar-refractivity contribution in [2.45, 2.75) is 19.4 Å². The summed E-state index contributed by atoms with van der Waals surface area (Å²) >= 11 is 4.98. The molecule has 0 fully saturated rings. The third kappa shape index (κ3) is 3.59. The number of benzene rings is 1. The van der Waals surface area contributed by atoms with Crippen LogP contribution >= 0.6 is 27.3 Å². The van der Waals surface area contributed by atoms with Crippen molar-refractivity contribution in [3.8, 4) is 5.75 Å². The molecule has 1 N–H and O–H groups in total. The fourth-order valence-electron chi connectivity index (χ4n) is 1.98. The second-order valence-electron chi connectivity index (χ2n) is 4.44. The molecule has 0 aliphatic heterocycles. The van der Waals surface area contributed by atoms with Crippen LogP contribution in [0.5, 0.6) is 5.75 Å². The SMILES string of the molecule is CCCNC(c1cc(OC)cs1)c1cc(Br)ccc1F. The predicted molar refractivity (Wildman–Crippen MR) is 85.1 cm³/mol. The van der Waals surface area contributed by atoms with E-state index in [2.05, 4.69) is 28.2 Å². The second-order valence-corrected chi connectivity index (χ2v) is 6.30. The van der Waals surface area contributed by atoms with Crippen LogP contribution in [0.3, 0.4) is 0 Å². The highest BCUT2D eigenvalue weighted by molar-refractivity contribution is 9.10. The molecule has 0 aliphatic carbocycles. The molecule has 1 aromatic carbocycles. The highest BCUT2D eigenvalue weighted by atomic mass is 79.9. The molecule has 2 aromatic rings. The summed E-state index contributed by atoms with van der Waals surface area (Å²) in [6.45, 7) is 2.92. The lowest BCUT2D eigenvalue weighted by Crippen LogP contribution is -2.23. The van der Waals surface area contributed by atoms with E-state index in [1.165, 1.54) is 6.07 Å². The largest absolute Gasteiger partial charge is 0.496 e. The van der Waals surface area contributed by atoms with Gasteiger partial charge in [-0.1, -0.05) is 22.9 Å². The van der Waals surface area contributed by atoms with Gasteiger partial charge in [0.2, 0.25) is 0 Å². The molecular formula is C15H17BrFNOS. The number of hydrogen-bond donors (Lipinski definition) is 1. The van der Waals surface area contributed by atoms with Crippen molar-refractivity contribution in [1.82, 2.24) is 5.32 Å². The van der Waals surface area contributed by atoms with Crippen LogP contribution in [0.2, 0.25) is 0 Å². The van der Waals surface area contributed by atoms with Gasteiger partial charge in [0, 0.05) is 20.3 Å². The van der Waals surface area contributed by atoms with Gasteiger partial charge in [-0.2, -0.15) is 0 Å². The Morgan fingerprint density at radius 1 is 1.40 bits per heavy atom. The first-order valence-corrected chi connectivity index (χ1v) is 8.13. The maximum absolute atomic E-state index is 14.1. The van der Waals surface area contributed by atoms with Crippen molar-refractivity contribution in [3.63, 3.8) is 0 Å². The minimum absolute atomic E-state index is 0.152. The molecule has 0 bridgehead atoms. The molecule has 20 heavy (non-hydrogen) atoms. The van der Waals surface area contributed by atoms with Crippen LogP contribution in [0, 0.1) is 5.82 Å². The number of methoxy groups -OCH3 is 1. The van der Waals surface area contributed by atoms with Crippen LogP contribution in [0.1, 0.15) is 29.8 Å². The van der Waals surface area contributed by atoms with Crippen molar-refractivity contribution in [2.24, 2.45) is 0 Å². The van der Waals surface area contributed by atoms with E-state index in [0.717, 1.165) is 28.1 Å². The van der Waals surface area contributed by atoms with Crippen LogP contribution in [-0.2, 0) is 0 Å². The zero-order chi connectivity index (χ0) is 14.5. The summed E-state index contributed by atoms with van der Waals surface area (Å²) < 4.78 is 20.2.